The molecule has 0 aliphatic rings. The fourth-order valence-electron chi connectivity index (χ4n) is 4.45. The number of phenols is 1. The standard InChI is InChI=1S/C31H31NO5S/c33-22-25(31(35)32(27-14-3-1-4-15-27)28-18-20-29(34)21-19-28)13-9-12-24-10-7-8-11-26(24)23-38(36,37)30-16-5-2-6-17-30/h1-8,10-11,14-21,25,33-34H,9,12-13,22-23H2. The number of hydrogen-bond donors (Lipinski definition) is 2. The molecule has 0 saturated carbocycles. The third-order valence-electron chi connectivity index (χ3n) is 6.48. The lowest BCUT2D eigenvalue weighted by Gasteiger charge is -2.27. The molecule has 1 unspecified atom stereocenters. The molecular weight excluding hydrogens is 498 g/mol. The summed E-state index contributed by atoms with van der Waals surface area (Å²) in [6.07, 6.45) is 1.60. The Labute approximate surface area is 223 Å². The van der Waals surface area contributed by atoms with Crippen LogP contribution in [0.4, 0.5) is 11.4 Å². The quantitative estimate of drug-likeness (QED) is 0.261. The zero-order valence-electron chi connectivity index (χ0n) is 21.0. The molecule has 0 bridgehead atoms. The smallest absolute Gasteiger partial charge is 0.236 e. The lowest BCUT2D eigenvalue weighted by molar-refractivity contribution is -0.123. The van der Waals surface area contributed by atoms with Gasteiger partial charge in [0, 0.05) is 11.4 Å². The predicted molar refractivity (Wildman–Crippen MR) is 149 cm³/mol. The van der Waals surface area contributed by atoms with Gasteiger partial charge in [-0.25, -0.2) is 8.42 Å². The van der Waals surface area contributed by atoms with Crippen molar-refractivity contribution in [2.24, 2.45) is 5.92 Å². The first kappa shape index (κ1) is 27.1. The van der Waals surface area contributed by atoms with Crippen molar-refractivity contribution in [2.75, 3.05) is 11.5 Å². The van der Waals surface area contributed by atoms with Gasteiger partial charge in [-0.1, -0.05) is 60.7 Å². The lowest BCUT2D eigenvalue weighted by atomic mass is 9.96. The Hall–Kier alpha value is -3.94. The van der Waals surface area contributed by atoms with Crippen LogP contribution in [-0.2, 0) is 26.8 Å². The monoisotopic (exact) mass is 529 g/mol. The summed E-state index contributed by atoms with van der Waals surface area (Å²) in [7, 11) is -3.49. The van der Waals surface area contributed by atoms with Gasteiger partial charge >= 0.3 is 0 Å². The van der Waals surface area contributed by atoms with Gasteiger partial charge in [0.05, 0.1) is 23.2 Å². The van der Waals surface area contributed by atoms with E-state index >= 15 is 0 Å². The topological polar surface area (TPSA) is 94.9 Å². The second-order valence-corrected chi connectivity index (χ2v) is 11.1. The maximum atomic E-state index is 13.6. The molecule has 0 spiro atoms. The summed E-state index contributed by atoms with van der Waals surface area (Å²) in [5.74, 6) is -0.896. The van der Waals surface area contributed by atoms with Crippen LogP contribution in [-0.4, -0.2) is 31.1 Å². The van der Waals surface area contributed by atoms with Crippen molar-refractivity contribution >= 4 is 27.1 Å². The number of hydrogen-bond acceptors (Lipinski definition) is 5. The zero-order chi connectivity index (χ0) is 27.0. The minimum Gasteiger partial charge on any atom is -0.508 e. The molecule has 6 nitrogen and oxygen atoms in total. The molecule has 1 amide bonds. The highest BCUT2D eigenvalue weighted by Crippen LogP contribution is 2.30. The molecule has 0 aliphatic heterocycles. The van der Waals surface area contributed by atoms with Crippen molar-refractivity contribution in [3.63, 3.8) is 0 Å². The molecule has 0 aromatic heterocycles. The predicted octanol–water partition coefficient (Wildman–Crippen LogP) is 5.66. The number of aliphatic hydroxyl groups excluding tert-OH is 1. The molecular formula is C31H31NO5S. The lowest BCUT2D eigenvalue weighted by Crippen LogP contribution is -2.34. The zero-order valence-corrected chi connectivity index (χ0v) is 21.8. The van der Waals surface area contributed by atoms with E-state index in [0.29, 0.717) is 30.6 Å². The van der Waals surface area contributed by atoms with E-state index < -0.39 is 15.8 Å². The van der Waals surface area contributed by atoms with Crippen LogP contribution in [0.25, 0.3) is 0 Å². The average molecular weight is 530 g/mol. The van der Waals surface area contributed by atoms with Crippen LogP contribution in [0.15, 0.2) is 114 Å². The number of carbonyl (C=O) groups excluding carboxylic acids is 1. The van der Waals surface area contributed by atoms with Gasteiger partial charge < -0.3 is 10.2 Å². The Morgan fingerprint density at radius 2 is 1.29 bits per heavy atom. The van der Waals surface area contributed by atoms with Gasteiger partial charge in [-0.05, 0) is 78.9 Å². The summed E-state index contributed by atoms with van der Waals surface area (Å²) in [6, 6.07) is 31.4. The first-order chi connectivity index (χ1) is 18.4. The van der Waals surface area contributed by atoms with E-state index in [9.17, 15) is 23.4 Å². The molecule has 0 fully saturated rings. The minimum atomic E-state index is -3.49. The Kier molecular flexibility index (Phi) is 8.94. The van der Waals surface area contributed by atoms with E-state index in [2.05, 4.69) is 0 Å². The van der Waals surface area contributed by atoms with Crippen LogP contribution in [0.1, 0.15) is 24.0 Å². The molecule has 0 heterocycles. The molecule has 0 radical (unpaired) electrons. The third-order valence-corrected chi connectivity index (χ3v) is 8.16. The Morgan fingerprint density at radius 3 is 1.92 bits per heavy atom. The minimum absolute atomic E-state index is 0.0980. The maximum Gasteiger partial charge on any atom is 0.236 e. The second-order valence-electron chi connectivity index (χ2n) is 9.14. The fraction of sp³-hybridized carbons (Fsp3) is 0.194. The summed E-state index contributed by atoms with van der Waals surface area (Å²) in [5.41, 5.74) is 2.90. The number of carbonyl (C=O) groups is 1. The molecule has 38 heavy (non-hydrogen) atoms. The van der Waals surface area contributed by atoms with E-state index in [0.717, 1.165) is 11.1 Å². The highest BCUT2D eigenvalue weighted by Gasteiger charge is 2.26. The largest absolute Gasteiger partial charge is 0.508 e. The summed E-state index contributed by atoms with van der Waals surface area (Å²) in [4.78, 5) is 15.5. The van der Waals surface area contributed by atoms with Gasteiger partial charge in [0.25, 0.3) is 0 Å². The van der Waals surface area contributed by atoms with E-state index in [-0.39, 0.29) is 28.9 Å². The second kappa shape index (κ2) is 12.5. The molecule has 4 aromatic carbocycles. The summed E-state index contributed by atoms with van der Waals surface area (Å²) < 4.78 is 25.9. The van der Waals surface area contributed by atoms with Crippen molar-refractivity contribution in [3.05, 3.63) is 120 Å². The van der Waals surface area contributed by atoms with Crippen molar-refractivity contribution < 1.29 is 23.4 Å². The van der Waals surface area contributed by atoms with Gasteiger partial charge in [0.15, 0.2) is 9.84 Å². The number of aliphatic hydroxyl groups is 1. The van der Waals surface area contributed by atoms with Gasteiger partial charge in [-0.3, -0.25) is 9.69 Å². The third kappa shape index (κ3) is 6.68. The number of sulfone groups is 1. The fourth-order valence-corrected chi connectivity index (χ4v) is 5.88. The summed E-state index contributed by atoms with van der Waals surface area (Å²) >= 11 is 0. The Balaban J connectivity index is 1.48. The molecule has 196 valence electrons. The molecule has 0 saturated heterocycles. The van der Waals surface area contributed by atoms with Gasteiger partial charge in [0.1, 0.15) is 5.75 Å². The van der Waals surface area contributed by atoms with E-state index in [1.54, 1.807) is 47.4 Å². The first-order valence-electron chi connectivity index (χ1n) is 12.5. The maximum absolute atomic E-state index is 13.6. The van der Waals surface area contributed by atoms with Gasteiger partial charge in [-0.15, -0.1) is 0 Å². The van der Waals surface area contributed by atoms with Gasteiger partial charge in [0.2, 0.25) is 5.91 Å². The van der Waals surface area contributed by atoms with Crippen LogP contribution in [0, 0.1) is 5.92 Å². The van der Waals surface area contributed by atoms with E-state index in [4.69, 9.17) is 0 Å². The molecule has 7 heteroatoms. The van der Waals surface area contributed by atoms with Crippen molar-refractivity contribution in [2.45, 2.75) is 29.9 Å². The number of aromatic hydroxyl groups is 1. The number of aryl methyl sites for hydroxylation is 1. The van der Waals surface area contributed by atoms with Crippen LogP contribution < -0.4 is 4.90 Å². The number of nitrogens with zero attached hydrogens (tertiary/aromatic N) is 1. The SMILES string of the molecule is O=C(C(CO)CCCc1ccccc1CS(=O)(=O)c1ccccc1)N(c1ccccc1)c1ccc(O)cc1. The average Bonchev–Trinajstić information content (AvgIpc) is 2.94. The molecule has 1 atom stereocenters. The number of para-hydroxylation sites is 1. The van der Waals surface area contributed by atoms with Crippen LogP contribution >= 0.6 is 0 Å². The normalized spacial score (nSPS) is 12.1. The van der Waals surface area contributed by atoms with E-state index in [1.165, 1.54) is 12.1 Å². The number of benzene rings is 4. The van der Waals surface area contributed by atoms with Crippen molar-refractivity contribution in [1.82, 2.24) is 0 Å². The number of amides is 1. The summed E-state index contributed by atoms with van der Waals surface area (Å²) in [6.45, 7) is -0.315. The number of rotatable bonds is 11. The first-order valence-corrected chi connectivity index (χ1v) is 14.2. The summed E-state index contributed by atoms with van der Waals surface area (Å²) in [5, 5.41) is 19.9. The van der Waals surface area contributed by atoms with Crippen molar-refractivity contribution in [1.29, 1.82) is 0 Å². The molecule has 2 N–H and O–H groups in total. The van der Waals surface area contributed by atoms with E-state index in [1.807, 2.05) is 54.6 Å². The van der Waals surface area contributed by atoms with Crippen LogP contribution in [0.5, 0.6) is 5.75 Å². The number of anilines is 2. The van der Waals surface area contributed by atoms with Crippen LogP contribution in [0.2, 0.25) is 0 Å². The Morgan fingerprint density at radius 1 is 0.737 bits per heavy atom. The molecule has 0 aliphatic carbocycles. The molecule has 4 aromatic rings. The van der Waals surface area contributed by atoms with Gasteiger partial charge in [-0.2, -0.15) is 0 Å². The highest BCUT2D eigenvalue weighted by molar-refractivity contribution is 7.90. The molecule has 4 rings (SSSR count). The van der Waals surface area contributed by atoms with Crippen molar-refractivity contribution in [3.8, 4) is 5.75 Å². The highest BCUT2D eigenvalue weighted by atomic mass is 32.2. The number of phenolic OH excluding ortho intramolecular Hbond substituents is 1. The van der Waals surface area contributed by atoms with Crippen LogP contribution in [0.3, 0.4) is 0 Å². The Bertz CT molecular complexity index is 1440.